The predicted octanol–water partition coefficient (Wildman–Crippen LogP) is 2.17. The van der Waals surface area contributed by atoms with Crippen molar-refractivity contribution in [2.75, 3.05) is 13.1 Å². The molecule has 0 fully saturated rings. The number of rotatable bonds is 8. The van der Waals surface area contributed by atoms with Crippen molar-refractivity contribution in [2.24, 2.45) is 5.92 Å². The van der Waals surface area contributed by atoms with Crippen LogP contribution in [0.2, 0.25) is 5.02 Å². The predicted molar refractivity (Wildman–Crippen MR) is 83.7 cm³/mol. The van der Waals surface area contributed by atoms with Crippen molar-refractivity contribution in [3.8, 4) is 0 Å². The Morgan fingerprint density at radius 3 is 2.52 bits per heavy atom. The molecule has 7 heteroatoms. The van der Waals surface area contributed by atoms with E-state index in [1.54, 1.807) is 12.1 Å². The molecule has 21 heavy (non-hydrogen) atoms. The molecular formula is C14H21ClN2O3S. The third-order valence-corrected chi connectivity index (χ3v) is 4.77. The lowest BCUT2D eigenvalue weighted by molar-refractivity contribution is -0.120. The number of hydrogen-bond acceptors (Lipinski definition) is 3. The molecule has 0 unspecified atom stereocenters. The topological polar surface area (TPSA) is 75.3 Å². The fourth-order valence-electron chi connectivity index (χ4n) is 1.63. The van der Waals surface area contributed by atoms with Crippen LogP contribution in [-0.2, 0) is 14.8 Å². The second-order valence-corrected chi connectivity index (χ2v) is 7.25. The molecule has 2 N–H and O–H groups in total. The van der Waals surface area contributed by atoms with Gasteiger partial charge in [-0.2, -0.15) is 0 Å². The summed E-state index contributed by atoms with van der Waals surface area (Å²) in [6.45, 7) is 4.79. The first-order valence-electron chi connectivity index (χ1n) is 6.84. The monoisotopic (exact) mass is 332 g/mol. The Kier molecular flexibility index (Phi) is 7.14. The van der Waals surface area contributed by atoms with Gasteiger partial charge < -0.3 is 5.32 Å². The van der Waals surface area contributed by atoms with Crippen molar-refractivity contribution in [3.05, 3.63) is 29.3 Å². The van der Waals surface area contributed by atoms with Gasteiger partial charge in [0.2, 0.25) is 15.9 Å². The first kappa shape index (κ1) is 17.9. The summed E-state index contributed by atoms with van der Waals surface area (Å²) in [5, 5.41) is 2.91. The molecule has 0 saturated heterocycles. The summed E-state index contributed by atoms with van der Waals surface area (Å²) in [5.41, 5.74) is 0. The summed E-state index contributed by atoms with van der Waals surface area (Å²) < 4.78 is 26.4. The van der Waals surface area contributed by atoms with Crippen LogP contribution in [0.3, 0.4) is 0 Å². The zero-order valence-electron chi connectivity index (χ0n) is 12.2. The summed E-state index contributed by atoms with van der Waals surface area (Å²) in [4.78, 5) is 11.6. The van der Waals surface area contributed by atoms with Gasteiger partial charge in [-0.25, -0.2) is 13.1 Å². The minimum atomic E-state index is -3.68. The van der Waals surface area contributed by atoms with E-state index in [1.807, 2.05) is 0 Å². The van der Waals surface area contributed by atoms with Gasteiger partial charge in [0.1, 0.15) is 4.90 Å². The van der Waals surface area contributed by atoms with Gasteiger partial charge in [0.15, 0.2) is 0 Å². The Labute approximate surface area is 131 Å². The quantitative estimate of drug-likeness (QED) is 0.766. The molecule has 0 radical (unpaired) electrons. The van der Waals surface area contributed by atoms with Gasteiger partial charge in [0.25, 0.3) is 0 Å². The van der Waals surface area contributed by atoms with Crippen molar-refractivity contribution < 1.29 is 13.2 Å². The fraction of sp³-hybridized carbons (Fsp3) is 0.500. The Bertz CT molecular complexity index is 573. The van der Waals surface area contributed by atoms with E-state index in [1.165, 1.54) is 12.1 Å². The van der Waals surface area contributed by atoms with Crippen molar-refractivity contribution >= 4 is 27.5 Å². The molecule has 0 bridgehead atoms. The Morgan fingerprint density at radius 2 is 1.90 bits per heavy atom. The van der Waals surface area contributed by atoms with Gasteiger partial charge in [-0.05, 0) is 24.5 Å². The first-order chi connectivity index (χ1) is 9.83. The maximum Gasteiger partial charge on any atom is 0.242 e. The maximum absolute atomic E-state index is 12.0. The van der Waals surface area contributed by atoms with Crippen molar-refractivity contribution in [3.63, 3.8) is 0 Å². The average Bonchev–Trinajstić information content (AvgIpc) is 2.38. The SMILES string of the molecule is CC(C)CCNC(=O)CCNS(=O)(=O)c1ccccc1Cl. The fourth-order valence-corrected chi connectivity index (χ4v) is 3.18. The van der Waals surface area contributed by atoms with Crippen molar-refractivity contribution in [1.82, 2.24) is 10.0 Å². The minimum Gasteiger partial charge on any atom is -0.356 e. The largest absolute Gasteiger partial charge is 0.356 e. The smallest absolute Gasteiger partial charge is 0.242 e. The van der Waals surface area contributed by atoms with Gasteiger partial charge in [-0.3, -0.25) is 4.79 Å². The molecule has 1 rings (SSSR count). The molecular weight excluding hydrogens is 312 g/mol. The van der Waals surface area contributed by atoms with Gasteiger partial charge in [-0.1, -0.05) is 37.6 Å². The molecule has 1 aromatic rings. The van der Waals surface area contributed by atoms with E-state index >= 15 is 0 Å². The lowest BCUT2D eigenvalue weighted by Gasteiger charge is -2.09. The van der Waals surface area contributed by atoms with Gasteiger partial charge in [-0.15, -0.1) is 0 Å². The molecule has 0 spiro atoms. The number of amides is 1. The van der Waals surface area contributed by atoms with E-state index in [4.69, 9.17) is 11.6 Å². The molecule has 0 aliphatic rings. The second kappa shape index (κ2) is 8.36. The van der Waals surface area contributed by atoms with E-state index in [0.717, 1.165) is 6.42 Å². The average molecular weight is 333 g/mol. The number of sulfonamides is 1. The van der Waals surface area contributed by atoms with Crippen LogP contribution in [0.25, 0.3) is 0 Å². The van der Waals surface area contributed by atoms with Crippen LogP contribution in [0.5, 0.6) is 0 Å². The molecule has 0 atom stereocenters. The van der Waals surface area contributed by atoms with Crippen LogP contribution in [0, 0.1) is 5.92 Å². The van der Waals surface area contributed by atoms with Gasteiger partial charge in [0, 0.05) is 19.5 Å². The summed E-state index contributed by atoms with van der Waals surface area (Å²) >= 11 is 5.85. The number of nitrogens with one attached hydrogen (secondary N) is 2. The molecule has 5 nitrogen and oxygen atoms in total. The Morgan fingerprint density at radius 1 is 1.24 bits per heavy atom. The van der Waals surface area contributed by atoms with Crippen LogP contribution < -0.4 is 10.0 Å². The lowest BCUT2D eigenvalue weighted by atomic mass is 10.1. The van der Waals surface area contributed by atoms with E-state index in [0.29, 0.717) is 12.5 Å². The molecule has 0 aliphatic heterocycles. The normalized spacial score (nSPS) is 11.6. The van der Waals surface area contributed by atoms with E-state index in [-0.39, 0.29) is 28.8 Å². The zero-order chi connectivity index (χ0) is 15.9. The van der Waals surface area contributed by atoms with Crippen LogP contribution >= 0.6 is 11.6 Å². The lowest BCUT2D eigenvalue weighted by Crippen LogP contribution is -2.31. The number of carbonyl (C=O) groups excluding carboxylic acids is 1. The van der Waals surface area contributed by atoms with E-state index < -0.39 is 10.0 Å². The van der Waals surface area contributed by atoms with Crippen LogP contribution in [0.4, 0.5) is 0 Å². The summed E-state index contributed by atoms with van der Waals surface area (Å²) in [5.74, 6) is 0.349. The third kappa shape index (κ3) is 6.46. The van der Waals surface area contributed by atoms with Gasteiger partial charge >= 0.3 is 0 Å². The number of carbonyl (C=O) groups is 1. The first-order valence-corrected chi connectivity index (χ1v) is 8.70. The van der Waals surface area contributed by atoms with Gasteiger partial charge in [0.05, 0.1) is 5.02 Å². The number of halogens is 1. The molecule has 1 aromatic carbocycles. The molecule has 0 heterocycles. The highest BCUT2D eigenvalue weighted by atomic mass is 35.5. The molecule has 0 aromatic heterocycles. The summed E-state index contributed by atoms with van der Waals surface area (Å²) in [7, 11) is -3.68. The van der Waals surface area contributed by atoms with E-state index in [2.05, 4.69) is 23.9 Å². The Hall–Kier alpha value is -1.11. The minimum absolute atomic E-state index is 0.0203. The summed E-state index contributed by atoms with van der Waals surface area (Å²) in [6.07, 6.45) is 0.999. The Balaban J connectivity index is 2.41. The highest BCUT2D eigenvalue weighted by Crippen LogP contribution is 2.19. The summed E-state index contributed by atoms with van der Waals surface area (Å²) in [6, 6.07) is 6.19. The molecule has 0 saturated carbocycles. The number of benzene rings is 1. The highest BCUT2D eigenvalue weighted by molar-refractivity contribution is 7.89. The molecule has 118 valence electrons. The standard InChI is InChI=1S/C14H21ClN2O3S/c1-11(2)7-9-16-14(18)8-10-17-21(19,20)13-6-4-3-5-12(13)15/h3-6,11,17H,7-10H2,1-2H3,(H,16,18). The van der Waals surface area contributed by atoms with E-state index in [9.17, 15) is 13.2 Å². The van der Waals surface area contributed by atoms with Crippen molar-refractivity contribution in [1.29, 1.82) is 0 Å². The highest BCUT2D eigenvalue weighted by Gasteiger charge is 2.17. The third-order valence-electron chi connectivity index (χ3n) is 2.81. The van der Waals surface area contributed by atoms with Crippen LogP contribution in [-0.4, -0.2) is 27.4 Å². The molecule has 1 amide bonds. The van der Waals surface area contributed by atoms with Crippen LogP contribution in [0.1, 0.15) is 26.7 Å². The van der Waals surface area contributed by atoms with Crippen LogP contribution in [0.15, 0.2) is 29.2 Å². The van der Waals surface area contributed by atoms with Crippen molar-refractivity contribution in [2.45, 2.75) is 31.6 Å². The molecule has 0 aliphatic carbocycles. The maximum atomic E-state index is 12.0. The number of hydrogen-bond donors (Lipinski definition) is 2. The zero-order valence-corrected chi connectivity index (χ0v) is 13.8. The second-order valence-electron chi connectivity index (χ2n) is 5.11.